The Labute approximate surface area is 61.8 Å². The third-order valence-electron chi connectivity index (χ3n) is 1.69. The van der Waals surface area contributed by atoms with E-state index in [2.05, 4.69) is 15.9 Å². The van der Waals surface area contributed by atoms with Gasteiger partial charge in [0.2, 0.25) is 5.92 Å². The Morgan fingerprint density at radius 1 is 1.44 bits per heavy atom. The summed E-state index contributed by atoms with van der Waals surface area (Å²) in [6.07, 6.45) is 0.0938. The van der Waals surface area contributed by atoms with Crippen LogP contribution in [-0.4, -0.2) is 11.3 Å². The Hall–Kier alpha value is 0.340. The van der Waals surface area contributed by atoms with Gasteiger partial charge in [-0.2, -0.15) is 0 Å². The molecule has 0 nitrogen and oxygen atoms in total. The van der Waals surface area contributed by atoms with Gasteiger partial charge in [-0.1, -0.05) is 22.9 Å². The van der Waals surface area contributed by atoms with Gasteiger partial charge in [0.15, 0.2) is 0 Å². The second-order valence-corrected chi connectivity index (χ2v) is 3.71. The topological polar surface area (TPSA) is 0 Å². The molecule has 0 heterocycles. The first-order valence-electron chi connectivity index (χ1n) is 2.91. The predicted octanol–water partition coefficient (Wildman–Crippen LogP) is 2.82. The monoisotopic (exact) mass is 198 g/mol. The highest BCUT2D eigenvalue weighted by atomic mass is 79.9. The van der Waals surface area contributed by atoms with Crippen molar-refractivity contribution in [2.45, 2.75) is 25.7 Å². The van der Waals surface area contributed by atoms with Crippen molar-refractivity contribution in [3.05, 3.63) is 0 Å². The molecule has 54 valence electrons. The summed E-state index contributed by atoms with van der Waals surface area (Å²) in [6.45, 7) is 1.87. The lowest BCUT2D eigenvalue weighted by Gasteiger charge is -2.43. The van der Waals surface area contributed by atoms with Crippen LogP contribution in [0.3, 0.4) is 0 Å². The maximum absolute atomic E-state index is 12.2. The zero-order chi connectivity index (χ0) is 7.12. The summed E-state index contributed by atoms with van der Waals surface area (Å²) in [5.41, 5.74) is -0.135. The van der Waals surface area contributed by atoms with Gasteiger partial charge >= 0.3 is 0 Å². The summed E-state index contributed by atoms with van der Waals surface area (Å²) in [5.74, 6) is -2.37. The molecule has 0 aromatic heterocycles. The fourth-order valence-electron chi connectivity index (χ4n) is 1.29. The van der Waals surface area contributed by atoms with E-state index in [9.17, 15) is 8.78 Å². The average molecular weight is 199 g/mol. The van der Waals surface area contributed by atoms with Crippen molar-refractivity contribution in [3.8, 4) is 0 Å². The first kappa shape index (κ1) is 7.45. The van der Waals surface area contributed by atoms with Gasteiger partial charge < -0.3 is 0 Å². The molecule has 0 aromatic rings. The molecule has 3 heteroatoms. The van der Waals surface area contributed by atoms with Crippen LogP contribution in [0.1, 0.15) is 19.8 Å². The molecule has 0 spiro atoms. The predicted molar refractivity (Wildman–Crippen MR) is 36.1 cm³/mol. The zero-order valence-corrected chi connectivity index (χ0v) is 6.84. The van der Waals surface area contributed by atoms with E-state index in [1.807, 2.05) is 6.92 Å². The third kappa shape index (κ3) is 1.42. The van der Waals surface area contributed by atoms with Gasteiger partial charge in [-0.05, 0) is 5.41 Å². The van der Waals surface area contributed by atoms with Crippen LogP contribution in [0.4, 0.5) is 8.78 Å². The minimum atomic E-state index is -2.37. The summed E-state index contributed by atoms with van der Waals surface area (Å²) in [4.78, 5) is 0. The van der Waals surface area contributed by atoms with Gasteiger partial charge in [0, 0.05) is 18.2 Å². The Bertz CT molecular complexity index is 114. The molecular weight excluding hydrogens is 190 g/mol. The lowest BCUT2D eigenvalue weighted by Crippen LogP contribution is -2.44. The minimum absolute atomic E-state index is 0.0469. The van der Waals surface area contributed by atoms with Crippen LogP contribution in [0.5, 0.6) is 0 Å². The van der Waals surface area contributed by atoms with E-state index in [1.54, 1.807) is 0 Å². The highest BCUT2D eigenvalue weighted by Crippen LogP contribution is 2.52. The smallest absolute Gasteiger partial charge is 0.207 e. The van der Waals surface area contributed by atoms with Crippen LogP contribution in [-0.2, 0) is 0 Å². The molecular formula is C6H9BrF2. The number of hydrogen-bond donors (Lipinski definition) is 0. The van der Waals surface area contributed by atoms with E-state index in [4.69, 9.17) is 0 Å². The van der Waals surface area contributed by atoms with Crippen LogP contribution >= 0.6 is 15.9 Å². The minimum Gasteiger partial charge on any atom is -0.207 e. The summed E-state index contributed by atoms with van der Waals surface area (Å²) in [7, 11) is 0. The van der Waals surface area contributed by atoms with Crippen molar-refractivity contribution < 1.29 is 8.78 Å². The van der Waals surface area contributed by atoms with Gasteiger partial charge in [-0.25, -0.2) is 8.78 Å². The molecule has 1 rings (SSSR count). The van der Waals surface area contributed by atoms with E-state index >= 15 is 0 Å². The molecule has 1 aliphatic carbocycles. The van der Waals surface area contributed by atoms with Crippen LogP contribution < -0.4 is 0 Å². The highest BCUT2D eigenvalue weighted by Gasteiger charge is 2.52. The van der Waals surface area contributed by atoms with E-state index in [1.165, 1.54) is 0 Å². The fourth-order valence-corrected chi connectivity index (χ4v) is 1.69. The third-order valence-corrected chi connectivity index (χ3v) is 3.05. The van der Waals surface area contributed by atoms with E-state index in [-0.39, 0.29) is 18.3 Å². The zero-order valence-electron chi connectivity index (χ0n) is 5.26. The second kappa shape index (κ2) is 1.91. The van der Waals surface area contributed by atoms with Gasteiger partial charge in [0.1, 0.15) is 0 Å². The Balaban J connectivity index is 2.41. The van der Waals surface area contributed by atoms with Crippen molar-refractivity contribution in [2.75, 3.05) is 5.33 Å². The summed E-state index contributed by atoms with van der Waals surface area (Å²) in [6, 6.07) is 0. The van der Waals surface area contributed by atoms with Gasteiger partial charge in [-0.3, -0.25) is 0 Å². The highest BCUT2D eigenvalue weighted by molar-refractivity contribution is 9.09. The van der Waals surface area contributed by atoms with Crippen LogP contribution in [0, 0.1) is 5.41 Å². The maximum Gasteiger partial charge on any atom is 0.249 e. The van der Waals surface area contributed by atoms with Crippen molar-refractivity contribution in [1.29, 1.82) is 0 Å². The molecule has 0 saturated heterocycles. The molecule has 0 unspecified atom stereocenters. The fraction of sp³-hybridized carbons (Fsp3) is 1.00. The molecule has 0 aromatic carbocycles. The lowest BCUT2D eigenvalue weighted by atomic mass is 9.69. The van der Waals surface area contributed by atoms with Gasteiger partial charge in [0.25, 0.3) is 0 Å². The molecule has 1 fully saturated rings. The molecule has 0 amide bonds. The quantitative estimate of drug-likeness (QED) is 0.569. The van der Waals surface area contributed by atoms with Crippen molar-refractivity contribution in [3.63, 3.8) is 0 Å². The van der Waals surface area contributed by atoms with Crippen LogP contribution in [0.25, 0.3) is 0 Å². The average Bonchev–Trinajstić information content (AvgIpc) is 1.61. The number of hydrogen-bond acceptors (Lipinski definition) is 0. The summed E-state index contributed by atoms with van der Waals surface area (Å²) < 4.78 is 24.4. The van der Waals surface area contributed by atoms with Crippen molar-refractivity contribution in [2.24, 2.45) is 5.41 Å². The Kier molecular flexibility index (Phi) is 1.58. The van der Waals surface area contributed by atoms with Crippen LogP contribution in [0.15, 0.2) is 0 Å². The molecule has 1 aliphatic rings. The Morgan fingerprint density at radius 3 is 2.00 bits per heavy atom. The molecule has 9 heavy (non-hydrogen) atoms. The molecule has 0 bridgehead atoms. The Morgan fingerprint density at radius 2 is 1.89 bits per heavy atom. The maximum atomic E-state index is 12.2. The summed E-state index contributed by atoms with van der Waals surface area (Å²) >= 11 is 3.20. The lowest BCUT2D eigenvalue weighted by molar-refractivity contribution is -0.143. The first-order valence-corrected chi connectivity index (χ1v) is 4.03. The van der Waals surface area contributed by atoms with Crippen molar-refractivity contribution in [1.82, 2.24) is 0 Å². The van der Waals surface area contributed by atoms with E-state index < -0.39 is 5.92 Å². The molecule has 0 N–H and O–H groups in total. The SMILES string of the molecule is CC1(CBr)CC(F)(F)C1. The van der Waals surface area contributed by atoms with Crippen molar-refractivity contribution >= 4 is 15.9 Å². The first-order chi connectivity index (χ1) is 3.97. The molecule has 0 radical (unpaired) electrons. The molecule has 1 saturated carbocycles. The second-order valence-electron chi connectivity index (χ2n) is 3.15. The standard InChI is InChI=1S/C6H9BrF2/c1-5(4-7)2-6(8,9)3-5/h2-4H2,1H3. The normalized spacial score (nSPS) is 29.3. The summed E-state index contributed by atoms with van der Waals surface area (Å²) in [5, 5.41) is 0.690. The van der Waals surface area contributed by atoms with Gasteiger partial charge in [-0.15, -0.1) is 0 Å². The van der Waals surface area contributed by atoms with E-state index in [0.717, 1.165) is 0 Å². The van der Waals surface area contributed by atoms with Gasteiger partial charge in [0.05, 0.1) is 0 Å². The van der Waals surface area contributed by atoms with Crippen LogP contribution in [0.2, 0.25) is 0 Å². The number of halogens is 3. The molecule has 0 aliphatic heterocycles. The number of alkyl halides is 3. The molecule has 0 atom stereocenters. The number of rotatable bonds is 1. The van der Waals surface area contributed by atoms with E-state index in [0.29, 0.717) is 5.33 Å². The largest absolute Gasteiger partial charge is 0.249 e.